The van der Waals surface area contributed by atoms with Crippen molar-refractivity contribution in [2.45, 2.75) is 26.6 Å². The summed E-state index contributed by atoms with van der Waals surface area (Å²) in [4.78, 5) is 42.7. The van der Waals surface area contributed by atoms with E-state index in [-0.39, 0.29) is 36.9 Å². The molecule has 0 unspecified atom stereocenters. The van der Waals surface area contributed by atoms with E-state index in [0.29, 0.717) is 33.0 Å². The molecule has 42 heavy (non-hydrogen) atoms. The molecule has 1 N–H and O–H groups in total. The third-order valence-electron chi connectivity index (χ3n) is 7.24. The number of carbonyl (C=O) groups excluding carboxylic acids is 2. The van der Waals surface area contributed by atoms with Crippen LogP contribution in [0.2, 0.25) is 5.02 Å². The topological polar surface area (TPSA) is 94.2 Å². The first-order chi connectivity index (χ1) is 20.3. The fraction of sp³-hybridized carbons (Fsp3) is 0.161. The molecular formula is C31H26BrClN6O3. The maximum atomic E-state index is 13.8. The molecule has 0 saturated heterocycles. The second-order valence-electron chi connectivity index (χ2n) is 10.0. The highest BCUT2D eigenvalue weighted by atomic mass is 79.9. The lowest BCUT2D eigenvalue weighted by atomic mass is 10.1. The maximum Gasteiger partial charge on any atom is 0.333 e. The first-order valence-corrected chi connectivity index (χ1v) is 14.5. The highest BCUT2D eigenvalue weighted by Gasteiger charge is 2.32. The molecule has 2 aromatic heterocycles. The van der Waals surface area contributed by atoms with Gasteiger partial charge in [-0.25, -0.2) is 9.48 Å². The van der Waals surface area contributed by atoms with E-state index >= 15 is 0 Å². The largest absolute Gasteiger partial charge is 0.347 e. The number of halogens is 2. The monoisotopic (exact) mass is 644 g/mol. The highest BCUT2D eigenvalue weighted by molar-refractivity contribution is 9.10. The molecule has 212 valence electrons. The van der Waals surface area contributed by atoms with Crippen LogP contribution in [0, 0.1) is 6.92 Å². The van der Waals surface area contributed by atoms with Gasteiger partial charge in [-0.3, -0.25) is 18.7 Å². The van der Waals surface area contributed by atoms with Gasteiger partial charge in [0.1, 0.15) is 5.69 Å². The smallest absolute Gasteiger partial charge is 0.333 e. The Bertz CT molecular complexity index is 1860. The first kappa shape index (κ1) is 27.7. The summed E-state index contributed by atoms with van der Waals surface area (Å²) in [6, 6.07) is 23.8. The zero-order valence-electron chi connectivity index (χ0n) is 22.6. The van der Waals surface area contributed by atoms with Crippen molar-refractivity contribution < 1.29 is 9.59 Å². The lowest BCUT2D eigenvalue weighted by Gasteiger charge is -2.28. The van der Waals surface area contributed by atoms with Gasteiger partial charge in [0.15, 0.2) is 0 Å². The molecule has 1 aliphatic heterocycles. The summed E-state index contributed by atoms with van der Waals surface area (Å²) in [6.45, 7) is 2.85. The predicted molar refractivity (Wildman–Crippen MR) is 163 cm³/mol. The quantitative estimate of drug-likeness (QED) is 0.277. The SMILES string of the molecule is Cc1ccn(-c2ccc(-n3c(C(=O)NCc4ccccc4)c4n(c3=O)CCN(C(=O)c3ccc(Br)c(Cl)c3)C4)cc2)n1. The number of fused-ring (bicyclic) bond motifs is 1. The number of nitrogens with one attached hydrogen (secondary N) is 1. The third kappa shape index (κ3) is 5.31. The van der Waals surface area contributed by atoms with Gasteiger partial charge in [-0.05, 0) is 76.9 Å². The number of carbonyl (C=O) groups is 2. The van der Waals surface area contributed by atoms with Crippen molar-refractivity contribution in [2.24, 2.45) is 0 Å². The zero-order valence-corrected chi connectivity index (χ0v) is 25.0. The van der Waals surface area contributed by atoms with Crippen molar-refractivity contribution >= 4 is 39.3 Å². The molecule has 0 bridgehead atoms. The van der Waals surface area contributed by atoms with Gasteiger partial charge < -0.3 is 10.2 Å². The minimum Gasteiger partial charge on any atom is -0.347 e. The Kier molecular flexibility index (Phi) is 7.57. The number of rotatable bonds is 6. The number of imidazole rings is 1. The lowest BCUT2D eigenvalue weighted by molar-refractivity contribution is 0.0706. The van der Waals surface area contributed by atoms with Gasteiger partial charge in [0.2, 0.25) is 0 Å². The van der Waals surface area contributed by atoms with Crippen LogP contribution in [0.5, 0.6) is 0 Å². The Labute approximate surface area is 255 Å². The summed E-state index contributed by atoms with van der Waals surface area (Å²) in [7, 11) is 0. The van der Waals surface area contributed by atoms with E-state index in [4.69, 9.17) is 11.6 Å². The molecule has 11 heteroatoms. The molecule has 3 heterocycles. The molecule has 0 aliphatic carbocycles. The Morgan fingerprint density at radius 2 is 1.71 bits per heavy atom. The average Bonchev–Trinajstić information content (AvgIpc) is 3.58. The fourth-order valence-electron chi connectivity index (χ4n) is 5.09. The van der Waals surface area contributed by atoms with E-state index in [0.717, 1.165) is 16.9 Å². The average molecular weight is 646 g/mol. The van der Waals surface area contributed by atoms with Crippen molar-refractivity contribution in [3.05, 3.63) is 133 Å². The van der Waals surface area contributed by atoms with Gasteiger partial charge in [0.25, 0.3) is 11.8 Å². The molecule has 0 radical (unpaired) electrons. The minimum absolute atomic E-state index is 0.0908. The predicted octanol–water partition coefficient (Wildman–Crippen LogP) is 5.14. The van der Waals surface area contributed by atoms with Gasteiger partial charge >= 0.3 is 5.69 Å². The number of benzene rings is 3. The molecule has 0 atom stereocenters. The van der Waals surface area contributed by atoms with Crippen LogP contribution in [0.15, 0.2) is 94.3 Å². The van der Waals surface area contributed by atoms with E-state index in [9.17, 15) is 14.4 Å². The molecule has 0 spiro atoms. The second kappa shape index (κ2) is 11.5. The highest BCUT2D eigenvalue weighted by Crippen LogP contribution is 2.26. The summed E-state index contributed by atoms with van der Waals surface area (Å²) in [5.41, 5.74) is 3.94. The Morgan fingerprint density at radius 1 is 0.976 bits per heavy atom. The Morgan fingerprint density at radius 3 is 2.40 bits per heavy atom. The maximum absolute atomic E-state index is 13.8. The van der Waals surface area contributed by atoms with Gasteiger partial charge in [0, 0.05) is 35.9 Å². The number of amides is 2. The summed E-state index contributed by atoms with van der Waals surface area (Å²) < 4.78 is 5.45. The normalized spacial score (nSPS) is 12.7. The van der Waals surface area contributed by atoms with Crippen LogP contribution in [0.25, 0.3) is 11.4 Å². The summed E-state index contributed by atoms with van der Waals surface area (Å²) in [5, 5.41) is 7.84. The van der Waals surface area contributed by atoms with Crippen LogP contribution in [-0.2, 0) is 19.6 Å². The van der Waals surface area contributed by atoms with Gasteiger partial charge in [0.05, 0.1) is 34.3 Å². The molecule has 9 nitrogen and oxygen atoms in total. The molecular weight excluding hydrogens is 620 g/mol. The molecule has 1 aliphatic rings. The number of hydrogen-bond acceptors (Lipinski definition) is 4. The second-order valence-corrected chi connectivity index (χ2v) is 11.3. The van der Waals surface area contributed by atoms with Crippen LogP contribution in [0.1, 0.15) is 37.8 Å². The van der Waals surface area contributed by atoms with Crippen LogP contribution in [0.4, 0.5) is 0 Å². The standard InChI is InChI=1S/C31H26BrClN6O3/c1-20-13-14-38(35-20)23-8-10-24(11-9-23)39-28(29(40)34-18-21-5-3-2-4-6-21)27-19-36(15-16-37(27)31(39)42)30(41)22-7-12-25(32)26(33)17-22/h2-14,17H,15-16,18-19H2,1H3,(H,34,40). The molecule has 6 rings (SSSR count). The van der Waals surface area contributed by atoms with E-state index in [2.05, 4.69) is 26.3 Å². The van der Waals surface area contributed by atoms with Crippen LogP contribution in [-0.4, -0.2) is 42.2 Å². The molecule has 5 aromatic rings. The van der Waals surface area contributed by atoms with E-state index < -0.39 is 5.91 Å². The molecule has 0 fully saturated rings. The number of aromatic nitrogens is 4. The summed E-state index contributed by atoms with van der Waals surface area (Å²) >= 11 is 9.61. The van der Waals surface area contributed by atoms with Crippen molar-refractivity contribution in [1.29, 1.82) is 0 Å². The Hall–Kier alpha value is -4.41. The molecule has 3 aromatic carbocycles. The van der Waals surface area contributed by atoms with Crippen LogP contribution < -0.4 is 11.0 Å². The van der Waals surface area contributed by atoms with Crippen molar-refractivity contribution in [3.8, 4) is 11.4 Å². The first-order valence-electron chi connectivity index (χ1n) is 13.3. The zero-order chi connectivity index (χ0) is 29.4. The van der Waals surface area contributed by atoms with E-state index in [1.807, 2.05) is 61.7 Å². The van der Waals surface area contributed by atoms with Crippen LogP contribution in [0.3, 0.4) is 0 Å². The third-order valence-corrected chi connectivity index (χ3v) is 8.47. The van der Waals surface area contributed by atoms with Gasteiger partial charge in [-0.2, -0.15) is 5.10 Å². The summed E-state index contributed by atoms with van der Waals surface area (Å²) in [5.74, 6) is -0.636. The van der Waals surface area contributed by atoms with Crippen molar-refractivity contribution in [3.63, 3.8) is 0 Å². The summed E-state index contributed by atoms with van der Waals surface area (Å²) in [6.07, 6.45) is 1.86. The van der Waals surface area contributed by atoms with Crippen molar-refractivity contribution in [1.82, 2.24) is 29.1 Å². The minimum atomic E-state index is -0.405. The van der Waals surface area contributed by atoms with E-state index in [1.165, 1.54) is 4.57 Å². The molecule has 0 saturated carbocycles. The fourth-order valence-corrected chi connectivity index (χ4v) is 5.52. The van der Waals surface area contributed by atoms with Crippen molar-refractivity contribution in [2.75, 3.05) is 6.54 Å². The number of nitrogens with zero attached hydrogens (tertiary/aromatic N) is 5. The lowest BCUT2D eigenvalue weighted by Crippen LogP contribution is -2.41. The molecule has 2 amide bonds. The van der Waals surface area contributed by atoms with Gasteiger partial charge in [-0.15, -0.1) is 0 Å². The Balaban J connectivity index is 1.38. The van der Waals surface area contributed by atoms with Gasteiger partial charge in [-0.1, -0.05) is 41.9 Å². The van der Waals surface area contributed by atoms with Crippen LogP contribution >= 0.6 is 27.5 Å². The van der Waals surface area contributed by atoms with E-state index in [1.54, 1.807) is 44.5 Å². The number of hydrogen-bond donors (Lipinski definition) is 1. The number of aryl methyl sites for hydroxylation is 1.